The monoisotopic (exact) mass is 318 g/mol. The van der Waals surface area contributed by atoms with E-state index in [9.17, 15) is 4.79 Å². The summed E-state index contributed by atoms with van der Waals surface area (Å²) in [4.78, 5) is 11.7. The van der Waals surface area contributed by atoms with E-state index in [0.717, 1.165) is 23.1 Å². The number of hydrogen-bond acceptors (Lipinski definition) is 2. The highest BCUT2D eigenvalue weighted by Gasteiger charge is 2.03. The van der Waals surface area contributed by atoms with Crippen LogP contribution in [0.5, 0.6) is 0 Å². The smallest absolute Gasteiger partial charge is 0.315 e. The topological polar surface area (TPSA) is 61.4 Å². The van der Waals surface area contributed by atoms with Gasteiger partial charge < -0.3 is 15.7 Å². The number of rotatable bonds is 6. The Morgan fingerprint density at radius 2 is 1.68 bits per heavy atom. The first kappa shape index (κ1) is 16.3. The van der Waals surface area contributed by atoms with Gasteiger partial charge >= 0.3 is 6.03 Å². The molecule has 2 aromatic carbocycles. The van der Waals surface area contributed by atoms with Gasteiger partial charge in [0.15, 0.2) is 0 Å². The minimum absolute atomic E-state index is 0.0446. The molecule has 4 nitrogen and oxygen atoms in total. The number of hydrogen-bond donors (Lipinski definition) is 3. The summed E-state index contributed by atoms with van der Waals surface area (Å²) in [6.07, 6.45) is 0.741. The molecule has 22 heavy (non-hydrogen) atoms. The third-order valence-electron chi connectivity index (χ3n) is 3.30. The first-order valence-corrected chi connectivity index (χ1v) is 7.50. The Bertz CT molecular complexity index is 614. The second kappa shape index (κ2) is 8.41. The Hall–Kier alpha value is -2.04. The molecule has 0 heterocycles. The molecule has 0 fully saturated rings. The van der Waals surface area contributed by atoms with E-state index in [4.69, 9.17) is 16.7 Å². The van der Waals surface area contributed by atoms with E-state index in [1.807, 2.05) is 42.5 Å². The van der Waals surface area contributed by atoms with Gasteiger partial charge in [-0.1, -0.05) is 54.1 Å². The third kappa shape index (κ3) is 5.06. The highest BCUT2D eigenvalue weighted by Crippen LogP contribution is 2.14. The predicted octanol–water partition coefficient (Wildman–Crippen LogP) is 2.87. The number of halogens is 1. The van der Waals surface area contributed by atoms with Gasteiger partial charge in [0.2, 0.25) is 0 Å². The van der Waals surface area contributed by atoms with Gasteiger partial charge in [0, 0.05) is 18.1 Å². The Kier molecular flexibility index (Phi) is 6.25. The van der Waals surface area contributed by atoms with Gasteiger partial charge in [-0.2, -0.15) is 0 Å². The molecule has 3 N–H and O–H groups in total. The van der Waals surface area contributed by atoms with Crippen LogP contribution < -0.4 is 10.6 Å². The quantitative estimate of drug-likeness (QED) is 0.767. The van der Waals surface area contributed by atoms with Crippen molar-refractivity contribution in [3.8, 4) is 0 Å². The molecular formula is C17H19ClN2O2. The van der Waals surface area contributed by atoms with Crippen LogP contribution in [0.2, 0.25) is 5.02 Å². The van der Waals surface area contributed by atoms with Crippen molar-refractivity contribution >= 4 is 17.6 Å². The molecule has 0 saturated heterocycles. The zero-order valence-electron chi connectivity index (χ0n) is 12.2. The lowest BCUT2D eigenvalue weighted by Crippen LogP contribution is -2.36. The molecule has 0 spiro atoms. The van der Waals surface area contributed by atoms with Crippen LogP contribution >= 0.6 is 11.6 Å². The van der Waals surface area contributed by atoms with Crippen molar-refractivity contribution in [2.75, 3.05) is 6.54 Å². The summed E-state index contributed by atoms with van der Waals surface area (Å²) < 4.78 is 0. The first-order chi connectivity index (χ1) is 10.7. The number of carbonyl (C=O) groups excluding carboxylic acids is 1. The summed E-state index contributed by atoms with van der Waals surface area (Å²) in [5.74, 6) is 0. The molecule has 0 saturated carbocycles. The molecule has 5 heteroatoms. The molecule has 0 aliphatic rings. The molecule has 2 amide bonds. The molecule has 0 bridgehead atoms. The highest BCUT2D eigenvalue weighted by atomic mass is 35.5. The van der Waals surface area contributed by atoms with Crippen LogP contribution in [-0.2, 0) is 19.6 Å². The summed E-state index contributed by atoms with van der Waals surface area (Å²) in [6, 6.07) is 14.9. The van der Waals surface area contributed by atoms with Crippen LogP contribution in [0.3, 0.4) is 0 Å². The van der Waals surface area contributed by atoms with E-state index >= 15 is 0 Å². The fraction of sp³-hybridized carbons (Fsp3) is 0.235. The van der Waals surface area contributed by atoms with Crippen molar-refractivity contribution in [1.82, 2.24) is 10.6 Å². The molecule has 0 unspecified atom stereocenters. The summed E-state index contributed by atoms with van der Waals surface area (Å²) in [5.41, 5.74) is 2.89. The molecule has 0 aliphatic carbocycles. The zero-order chi connectivity index (χ0) is 15.8. The molecule has 0 atom stereocenters. The second-order valence-corrected chi connectivity index (χ2v) is 5.33. The Balaban J connectivity index is 1.70. The molecular weight excluding hydrogens is 300 g/mol. The average molecular weight is 319 g/mol. The number of nitrogens with one attached hydrogen (secondary N) is 2. The average Bonchev–Trinajstić information content (AvgIpc) is 2.55. The summed E-state index contributed by atoms with van der Waals surface area (Å²) in [6.45, 7) is 0.993. The number of benzene rings is 2. The van der Waals surface area contributed by atoms with Crippen LogP contribution in [-0.4, -0.2) is 17.7 Å². The van der Waals surface area contributed by atoms with Gasteiger partial charge in [-0.15, -0.1) is 0 Å². The molecule has 0 aromatic heterocycles. The van der Waals surface area contributed by atoms with Crippen LogP contribution in [0, 0.1) is 0 Å². The SMILES string of the molecule is O=C(NCCc1ccc(CO)cc1)NCc1ccccc1Cl. The maximum absolute atomic E-state index is 11.7. The lowest BCUT2D eigenvalue weighted by atomic mass is 10.1. The molecule has 2 rings (SSSR count). The fourth-order valence-corrected chi connectivity index (χ4v) is 2.21. The Morgan fingerprint density at radius 1 is 1.00 bits per heavy atom. The van der Waals surface area contributed by atoms with Crippen molar-refractivity contribution in [2.45, 2.75) is 19.6 Å². The van der Waals surface area contributed by atoms with E-state index in [0.29, 0.717) is 18.1 Å². The van der Waals surface area contributed by atoms with Gasteiger partial charge in [-0.3, -0.25) is 0 Å². The maximum atomic E-state index is 11.7. The van der Waals surface area contributed by atoms with Gasteiger partial charge in [0.25, 0.3) is 0 Å². The van der Waals surface area contributed by atoms with Crippen molar-refractivity contribution in [1.29, 1.82) is 0 Å². The number of carbonyl (C=O) groups is 1. The van der Waals surface area contributed by atoms with E-state index < -0.39 is 0 Å². The third-order valence-corrected chi connectivity index (χ3v) is 3.67. The lowest BCUT2D eigenvalue weighted by molar-refractivity contribution is 0.240. The summed E-state index contributed by atoms with van der Waals surface area (Å²) in [7, 11) is 0. The minimum atomic E-state index is -0.216. The molecule has 116 valence electrons. The lowest BCUT2D eigenvalue weighted by Gasteiger charge is -2.09. The number of urea groups is 1. The number of aliphatic hydroxyl groups excluding tert-OH is 1. The zero-order valence-corrected chi connectivity index (χ0v) is 12.9. The molecule has 2 aromatic rings. The normalized spacial score (nSPS) is 10.3. The van der Waals surface area contributed by atoms with E-state index in [-0.39, 0.29) is 12.6 Å². The van der Waals surface area contributed by atoms with Gasteiger partial charge in [-0.25, -0.2) is 4.79 Å². The Morgan fingerprint density at radius 3 is 2.36 bits per heavy atom. The number of aliphatic hydroxyl groups is 1. The van der Waals surface area contributed by atoms with E-state index in [2.05, 4.69) is 10.6 Å². The van der Waals surface area contributed by atoms with Crippen molar-refractivity contribution in [3.63, 3.8) is 0 Å². The number of amides is 2. The van der Waals surface area contributed by atoms with Gasteiger partial charge in [0.05, 0.1) is 6.61 Å². The van der Waals surface area contributed by atoms with Crippen LogP contribution in [0.25, 0.3) is 0 Å². The largest absolute Gasteiger partial charge is 0.392 e. The maximum Gasteiger partial charge on any atom is 0.315 e. The van der Waals surface area contributed by atoms with Crippen molar-refractivity contribution in [3.05, 3.63) is 70.2 Å². The highest BCUT2D eigenvalue weighted by molar-refractivity contribution is 6.31. The predicted molar refractivity (Wildman–Crippen MR) is 87.8 cm³/mol. The molecule has 0 aliphatic heterocycles. The first-order valence-electron chi connectivity index (χ1n) is 7.13. The van der Waals surface area contributed by atoms with Crippen LogP contribution in [0.15, 0.2) is 48.5 Å². The van der Waals surface area contributed by atoms with Gasteiger partial charge in [0.1, 0.15) is 0 Å². The van der Waals surface area contributed by atoms with Crippen molar-refractivity contribution in [2.24, 2.45) is 0 Å². The summed E-state index contributed by atoms with van der Waals surface area (Å²) in [5, 5.41) is 15.2. The summed E-state index contributed by atoms with van der Waals surface area (Å²) >= 11 is 6.03. The fourth-order valence-electron chi connectivity index (χ4n) is 2.01. The second-order valence-electron chi connectivity index (χ2n) is 4.93. The van der Waals surface area contributed by atoms with E-state index in [1.165, 1.54) is 0 Å². The Labute approximate surface area is 135 Å². The van der Waals surface area contributed by atoms with Crippen LogP contribution in [0.1, 0.15) is 16.7 Å². The van der Waals surface area contributed by atoms with Crippen molar-refractivity contribution < 1.29 is 9.90 Å². The van der Waals surface area contributed by atoms with Gasteiger partial charge in [-0.05, 0) is 29.2 Å². The standard InChI is InChI=1S/C17H19ClN2O2/c18-16-4-2-1-3-15(16)11-20-17(22)19-10-9-13-5-7-14(12-21)8-6-13/h1-8,21H,9-12H2,(H2,19,20,22). The van der Waals surface area contributed by atoms with Crippen LogP contribution in [0.4, 0.5) is 4.79 Å². The minimum Gasteiger partial charge on any atom is -0.392 e. The molecule has 0 radical (unpaired) electrons. The van der Waals surface area contributed by atoms with E-state index in [1.54, 1.807) is 6.07 Å².